The van der Waals surface area contributed by atoms with Gasteiger partial charge < -0.3 is 5.11 Å². The number of phenols is 1. The first-order chi connectivity index (χ1) is 6.76. The number of fused-ring (bicyclic) bond motifs is 1. The van der Waals surface area contributed by atoms with Gasteiger partial charge in [-0.15, -0.1) is 11.3 Å². The lowest BCUT2D eigenvalue weighted by atomic mass is 10.1. The van der Waals surface area contributed by atoms with Crippen molar-refractivity contribution in [3.63, 3.8) is 0 Å². The summed E-state index contributed by atoms with van der Waals surface area (Å²) in [6.45, 7) is 0. The number of aromatic hydroxyl groups is 1. The Bertz CT molecular complexity index is 490. The molecule has 0 saturated carbocycles. The van der Waals surface area contributed by atoms with Crippen molar-refractivity contribution < 1.29 is 9.90 Å². The number of phenolic OH excluding ortho intramolecular Hbond substituents is 1. The fraction of sp³-hybridized carbons (Fsp3) is 0.100. The predicted molar refractivity (Wildman–Crippen MR) is 61.5 cm³/mol. The summed E-state index contributed by atoms with van der Waals surface area (Å²) in [5.41, 5.74) is 0.381. The smallest absolute Gasteiger partial charge is 0.154 e. The number of alkyl halides is 1. The van der Waals surface area contributed by atoms with Crippen molar-refractivity contribution in [2.45, 2.75) is 5.33 Å². The SMILES string of the molecule is O=Cc1c(O)ccc2sc(CBr)cc12. The fourth-order valence-electron chi connectivity index (χ4n) is 1.36. The van der Waals surface area contributed by atoms with Crippen molar-refractivity contribution in [2.24, 2.45) is 0 Å². The first-order valence-electron chi connectivity index (χ1n) is 4.02. The van der Waals surface area contributed by atoms with Crippen LogP contribution in [0.2, 0.25) is 0 Å². The Hall–Kier alpha value is -0.870. The van der Waals surface area contributed by atoms with Crippen LogP contribution in [0.5, 0.6) is 5.75 Å². The van der Waals surface area contributed by atoms with E-state index in [0.29, 0.717) is 11.8 Å². The third-order valence-electron chi connectivity index (χ3n) is 2.02. The van der Waals surface area contributed by atoms with E-state index in [4.69, 9.17) is 0 Å². The highest BCUT2D eigenvalue weighted by molar-refractivity contribution is 9.08. The first-order valence-corrected chi connectivity index (χ1v) is 5.95. The molecule has 0 aliphatic carbocycles. The molecule has 1 heterocycles. The standard InChI is InChI=1S/C10H7BrO2S/c11-4-6-3-7-8(5-12)9(13)1-2-10(7)14-6/h1-3,5,13H,4H2. The van der Waals surface area contributed by atoms with Crippen LogP contribution in [0.1, 0.15) is 15.2 Å². The van der Waals surface area contributed by atoms with E-state index < -0.39 is 0 Å². The molecule has 0 atom stereocenters. The molecule has 0 unspecified atom stereocenters. The van der Waals surface area contributed by atoms with E-state index in [0.717, 1.165) is 20.3 Å². The third kappa shape index (κ3) is 1.44. The molecule has 0 spiro atoms. The summed E-state index contributed by atoms with van der Waals surface area (Å²) in [6.07, 6.45) is 0.697. The number of hydrogen-bond acceptors (Lipinski definition) is 3. The molecule has 0 bridgehead atoms. The largest absolute Gasteiger partial charge is 0.507 e. The number of carbonyl (C=O) groups excluding carboxylic acids is 1. The highest BCUT2D eigenvalue weighted by Gasteiger charge is 2.08. The van der Waals surface area contributed by atoms with E-state index in [-0.39, 0.29) is 5.75 Å². The summed E-state index contributed by atoms with van der Waals surface area (Å²) in [5.74, 6) is 0.0476. The van der Waals surface area contributed by atoms with Gasteiger partial charge in [-0.25, -0.2) is 0 Å². The Morgan fingerprint density at radius 1 is 1.50 bits per heavy atom. The highest BCUT2D eigenvalue weighted by atomic mass is 79.9. The number of rotatable bonds is 2. The minimum Gasteiger partial charge on any atom is -0.507 e. The summed E-state index contributed by atoms with van der Waals surface area (Å²) < 4.78 is 1.03. The lowest BCUT2D eigenvalue weighted by Crippen LogP contribution is -1.80. The number of halogens is 1. The second-order valence-electron chi connectivity index (χ2n) is 2.87. The molecule has 0 fully saturated rings. The van der Waals surface area contributed by atoms with Crippen molar-refractivity contribution in [2.75, 3.05) is 0 Å². The summed E-state index contributed by atoms with van der Waals surface area (Å²) in [7, 11) is 0. The second kappa shape index (κ2) is 3.71. The lowest BCUT2D eigenvalue weighted by molar-refractivity contribution is 0.112. The van der Waals surface area contributed by atoms with Crippen LogP contribution in [0.3, 0.4) is 0 Å². The average molecular weight is 271 g/mol. The van der Waals surface area contributed by atoms with Gasteiger partial charge in [-0.3, -0.25) is 4.79 Å². The molecular formula is C10H7BrO2S. The zero-order valence-corrected chi connectivity index (χ0v) is 9.56. The van der Waals surface area contributed by atoms with Crippen molar-refractivity contribution in [3.8, 4) is 5.75 Å². The Balaban J connectivity index is 2.79. The number of thiophene rings is 1. The third-order valence-corrected chi connectivity index (χ3v) is 4.10. The topological polar surface area (TPSA) is 37.3 Å². The average Bonchev–Trinajstić information content (AvgIpc) is 2.60. The van der Waals surface area contributed by atoms with E-state index in [9.17, 15) is 9.90 Å². The first kappa shape index (κ1) is 9.68. The van der Waals surface area contributed by atoms with Crippen LogP contribution >= 0.6 is 27.3 Å². The zero-order valence-electron chi connectivity index (χ0n) is 7.16. The number of aldehydes is 1. The molecule has 0 aliphatic rings. The van der Waals surface area contributed by atoms with Gasteiger partial charge in [-0.05, 0) is 18.2 Å². The monoisotopic (exact) mass is 270 g/mol. The van der Waals surface area contributed by atoms with Crippen LogP contribution in [0.4, 0.5) is 0 Å². The van der Waals surface area contributed by atoms with Gasteiger partial charge in [0.2, 0.25) is 0 Å². The molecule has 0 amide bonds. The number of carbonyl (C=O) groups is 1. The fourth-order valence-corrected chi connectivity index (χ4v) is 2.80. The number of hydrogen-bond donors (Lipinski definition) is 1. The minimum atomic E-state index is 0.0476. The molecule has 72 valence electrons. The second-order valence-corrected chi connectivity index (χ2v) is 4.60. The summed E-state index contributed by atoms with van der Waals surface area (Å²) in [5, 5.41) is 11.1. The lowest BCUT2D eigenvalue weighted by Gasteiger charge is -1.97. The van der Waals surface area contributed by atoms with Gasteiger partial charge in [0.1, 0.15) is 5.75 Å². The van der Waals surface area contributed by atoms with E-state index in [1.54, 1.807) is 17.4 Å². The molecule has 0 aliphatic heterocycles. The normalized spacial score (nSPS) is 10.6. The molecule has 2 rings (SSSR count). The van der Waals surface area contributed by atoms with Gasteiger partial charge in [0.05, 0.1) is 5.56 Å². The Morgan fingerprint density at radius 2 is 2.29 bits per heavy atom. The van der Waals surface area contributed by atoms with Gasteiger partial charge >= 0.3 is 0 Å². The summed E-state index contributed by atoms with van der Waals surface area (Å²) >= 11 is 4.98. The van der Waals surface area contributed by atoms with Crippen LogP contribution in [0, 0.1) is 0 Å². The Morgan fingerprint density at radius 3 is 2.93 bits per heavy atom. The molecule has 2 nitrogen and oxygen atoms in total. The van der Waals surface area contributed by atoms with E-state index in [1.165, 1.54) is 0 Å². The van der Waals surface area contributed by atoms with Gasteiger partial charge in [0.15, 0.2) is 6.29 Å². The van der Waals surface area contributed by atoms with Gasteiger partial charge in [0, 0.05) is 20.3 Å². The van der Waals surface area contributed by atoms with Crippen LogP contribution in [0.15, 0.2) is 18.2 Å². The molecule has 1 aromatic heterocycles. The minimum absolute atomic E-state index is 0.0476. The quantitative estimate of drug-likeness (QED) is 0.672. The molecule has 0 radical (unpaired) electrons. The van der Waals surface area contributed by atoms with E-state index in [2.05, 4.69) is 15.9 Å². The molecule has 1 N–H and O–H groups in total. The van der Waals surface area contributed by atoms with Gasteiger partial charge in [-0.1, -0.05) is 15.9 Å². The maximum Gasteiger partial charge on any atom is 0.154 e. The van der Waals surface area contributed by atoms with E-state index in [1.807, 2.05) is 12.1 Å². The Labute approximate surface area is 93.3 Å². The Kier molecular flexibility index (Phi) is 2.56. The van der Waals surface area contributed by atoms with Crippen LogP contribution in [-0.2, 0) is 5.33 Å². The van der Waals surface area contributed by atoms with Crippen LogP contribution < -0.4 is 0 Å². The van der Waals surface area contributed by atoms with Gasteiger partial charge in [0.25, 0.3) is 0 Å². The maximum atomic E-state index is 10.8. The molecule has 4 heteroatoms. The van der Waals surface area contributed by atoms with Crippen molar-refractivity contribution in [1.29, 1.82) is 0 Å². The predicted octanol–water partition coefficient (Wildman–Crippen LogP) is 3.31. The molecular weight excluding hydrogens is 264 g/mol. The molecule has 2 aromatic rings. The van der Waals surface area contributed by atoms with Gasteiger partial charge in [-0.2, -0.15) is 0 Å². The summed E-state index contributed by atoms with van der Waals surface area (Å²) in [6, 6.07) is 5.31. The maximum absolute atomic E-state index is 10.8. The van der Waals surface area contributed by atoms with Crippen molar-refractivity contribution >= 4 is 43.6 Å². The summed E-state index contributed by atoms with van der Waals surface area (Å²) in [4.78, 5) is 11.9. The van der Waals surface area contributed by atoms with Crippen LogP contribution in [0.25, 0.3) is 10.1 Å². The molecule has 14 heavy (non-hydrogen) atoms. The molecule has 0 saturated heterocycles. The van der Waals surface area contributed by atoms with Crippen molar-refractivity contribution in [1.82, 2.24) is 0 Å². The molecule has 1 aromatic carbocycles. The van der Waals surface area contributed by atoms with Crippen molar-refractivity contribution in [3.05, 3.63) is 28.6 Å². The number of benzene rings is 1. The van der Waals surface area contributed by atoms with E-state index >= 15 is 0 Å². The van der Waals surface area contributed by atoms with Crippen LogP contribution in [-0.4, -0.2) is 11.4 Å². The highest BCUT2D eigenvalue weighted by Crippen LogP contribution is 2.33. The zero-order chi connectivity index (χ0) is 10.1.